The van der Waals surface area contributed by atoms with Crippen LogP contribution in [-0.2, 0) is 0 Å². The van der Waals surface area contributed by atoms with Crippen molar-refractivity contribution in [2.75, 3.05) is 13.2 Å². The van der Waals surface area contributed by atoms with Crippen molar-refractivity contribution in [3.8, 4) is 5.75 Å². The van der Waals surface area contributed by atoms with Crippen molar-refractivity contribution in [1.29, 1.82) is 0 Å². The fourth-order valence-electron chi connectivity index (χ4n) is 2.73. The molecule has 0 aliphatic heterocycles. The van der Waals surface area contributed by atoms with Gasteiger partial charge >= 0.3 is 0 Å². The maximum absolute atomic E-state index is 5.82. The molecule has 3 rings (SSSR count). The fraction of sp³-hybridized carbons (Fsp3) is 0.625. The molecule has 0 unspecified atom stereocenters. The molecule has 98 valence electrons. The number of rotatable bonds is 7. The van der Waals surface area contributed by atoms with Crippen molar-refractivity contribution in [3.05, 3.63) is 29.8 Å². The van der Waals surface area contributed by atoms with Gasteiger partial charge in [0.2, 0.25) is 0 Å². The van der Waals surface area contributed by atoms with Gasteiger partial charge in [0.05, 0.1) is 0 Å². The van der Waals surface area contributed by atoms with Gasteiger partial charge in [0.25, 0.3) is 0 Å². The average Bonchev–Trinajstić information content (AvgIpc) is 3.25. The second kappa shape index (κ2) is 5.31. The number of hydrogen-bond acceptors (Lipinski definition) is 2. The topological polar surface area (TPSA) is 21.3 Å². The second-order valence-electron chi connectivity index (χ2n) is 5.77. The van der Waals surface area contributed by atoms with Crippen LogP contribution in [0, 0.1) is 18.8 Å². The maximum atomic E-state index is 5.82. The lowest BCUT2D eigenvalue weighted by molar-refractivity contribution is 0.292. The van der Waals surface area contributed by atoms with E-state index in [0.717, 1.165) is 36.8 Å². The molecule has 0 heterocycles. The van der Waals surface area contributed by atoms with Gasteiger partial charge in [-0.2, -0.15) is 0 Å². The first-order chi connectivity index (χ1) is 8.84. The van der Waals surface area contributed by atoms with Gasteiger partial charge in [0.1, 0.15) is 12.4 Å². The molecule has 0 radical (unpaired) electrons. The molecule has 0 aromatic heterocycles. The highest BCUT2D eigenvalue weighted by atomic mass is 16.5. The van der Waals surface area contributed by atoms with Crippen molar-refractivity contribution in [2.24, 2.45) is 11.8 Å². The quantitative estimate of drug-likeness (QED) is 0.745. The fourth-order valence-corrected chi connectivity index (χ4v) is 2.73. The SMILES string of the molecule is Cc1ccccc1OCCNC(C1CC1)C1CC1. The van der Waals surface area contributed by atoms with E-state index in [2.05, 4.69) is 30.4 Å². The van der Waals surface area contributed by atoms with Crippen molar-refractivity contribution in [1.82, 2.24) is 5.32 Å². The molecule has 2 aliphatic carbocycles. The predicted molar refractivity (Wildman–Crippen MR) is 73.9 cm³/mol. The van der Waals surface area contributed by atoms with Gasteiger partial charge in [-0.05, 0) is 56.1 Å². The molecule has 1 aromatic carbocycles. The summed E-state index contributed by atoms with van der Waals surface area (Å²) in [4.78, 5) is 0. The van der Waals surface area contributed by atoms with Gasteiger partial charge in [0.15, 0.2) is 0 Å². The summed E-state index contributed by atoms with van der Waals surface area (Å²) in [7, 11) is 0. The number of aryl methyl sites for hydroxylation is 1. The molecule has 0 saturated heterocycles. The Morgan fingerprint density at radius 3 is 2.44 bits per heavy atom. The molecule has 2 heteroatoms. The van der Waals surface area contributed by atoms with Gasteiger partial charge in [-0.3, -0.25) is 0 Å². The minimum Gasteiger partial charge on any atom is -0.492 e. The Labute approximate surface area is 110 Å². The molecule has 2 fully saturated rings. The Hall–Kier alpha value is -1.02. The van der Waals surface area contributed by atoms with E-state index >= 15 is 0 Å². The molecule has 0 bridgehead atoms. The Morgan fingerprint density at radius 2 is 1.83 bits per heavy atom. The Balaban J connectivity index is 1.40. The van der Waals surface area contributed by atoms with Crippen molar-refractivity contribution in [3.63, 3.8) is 0 Å². The van der Waals surface area contributed by atoms with E-state index in [0.29, 0.717) is 0 Å². The highest BCUT2D eigenvalue weighted by molar-refractivity contribution is 5.31. The lowest BCUT2D eigenvalue weighted by atomic mass is 10.1. The zero-order chi connectivity index (χ0) is 12.4. The summed E-state index contributed by atoms with van der Waals surface area (Å²) < 4.78 is 5.82. The van der Waals surface area contributed by atoms with Crippen LogP contribution < -0.4 is 10.1 Å². The van der Waals surface area contributed by atoms with Gasteiger partial charge in [-0.15, -0.1) is 0 Å². The number of ether oxygens (including phenoxy) is 1. The predicted octanol–water partition coefficient (Wildman–Crippen LogP) is 3.15. The minimum atomic E-state index is 0.779. The highest BCUT2D eigenvalue weighted by Gasteiger charge is 2.40. The van der Waals surface area contributed by atoms with E-state index in [-0.39, 0.29) is 0 Å². The monoisotopic (exact) mass is 245 g/mol. The number of nitrogens with one attached hydrogen (secondary N) is 1. The first kappa shape index (κ1) is 12.0. The summed E-state index contributed by atoms with van der Waals surface area (Å²) in [6, 6.07) is 9.02. The van der Waals surface area contributed by atoms with Crippen LogP contribution in [0.5, 0.6) is 5.75 Å². The van der Waals surface area contributed by atoms with Crippen molar-refractivity contribution < 1.29 is 4.74 Å². The molecule has 0 amide bonds. The Bertz CT molecular complexity index is 384. The minimum absolute atomic E-state index is 0.779. The third-order valence-corrected chi connectivity index (χ3v) is 4.09. The van der Waals surface area contributed by atoms with Crippen LogP contribution in [0.4, 0.5) is 0 Å². The summed E-state index contributed by atoms with van der Waals surface area (Å²) in [5.74, 6) is 2.96. The largest absolute Gasteiger partial charge is 0.492 e. The standard InChI is InChI=1S/C16H23NO/c1-12-4-2-3-5-15(12)18-11-10-17-16(13-6-7-13)14-8-9-14/h2-5,13-14,16-17H,6-11H2,1H3. The van der Waals surface area contributed by atoms with Crippen LogP contribution in [0.25, 0.3) is 0 Å². The van der Waals surface area contributed by atoms with Crippen LogP contribution in [0.2, 0.25) is 0 Å². The molecule has 18 heavy (non-hydrogen) atoms. The summed E-state index contributed by atoms with van der Waals surface area (Å²) in [6.07, 6.45) is 5.75. The molecule has 2 nitrogen and oxygen atoms in total. The zero-order valence-electron chi connectivity index (χ0n) is 11.2. The third-order valence-electron chi connectivity index (χ3n) is 4.09. The van der Waals surface area contributed by atoms with Crippen LogP contribution in [0.3, 0.4) is 0 Å². The van der Waals surface area contributed by atoms with E-state index in [1.54, 1.807) is 0 Å². The summed E-state index contributed by atoms with van der Waals surface area (Å²) in [6.45, 7) is 3.85. The number of hydrogen-bond donors (Lipinski definition) is 1. The van der Waals surface area contributed by atoms with Gasteiger partial charge < -0.3 is 10.1 Å². The van der Waals surface area contributed by atoms with Gasteiger partial charge in [-0.1, -0.05) is 18.2 Å². The third kappa shape index (κ3) is 3.05. The molecule has 2 aliphatic rings. The van der Waals surface area contributed by atoms with Gasteiger partial charge in [0, 0.05) is 12.6 Å². The van der Waals surface area contributed by atoms with E-state index in [1.165, 1.54) is 31.2 Å². The highest BCUT2D eigenvalue weighted by Crippen LogP contribution is 2.44. The van der Waals surface area contributed by atoms with E-state index in [1.807, 2.05) is 6.07 Å². The summed E-state index contributed by atoms with van der Waals surface area (Å²) >= 11 is 0. The van der Waals surface area contributed by atoms with Crippen LogP contribution >= 0.6 is 0 Å². The first-order valence-corrected chi connectivity index (χ1v) is 7.26. The molecule has 1 aromatic rings. The molecule has 2 saturated carbocycles. The Kier molecular flexibility index (Phi) is 3.55. The van der Waals surface area contributed by atoms with Crippen molar-refractivity contribution >= 4 is 0 Å². The lowest BCUT2D eigenvalue weighted by Gasteiger charge is -2.18. The lowest BCUT2D eigenvalue weighted by Crippen LogP contribution is -2.36. The summed E-state index contributed by atoms with van der Waals surface area (Å²) in [5.41, 5.74) is 1.22. The first-order valence-electron chi connectivity index (χ1n) is 7.26. The average molecular weight is 245 g/mol. The van der Waals surface area contributed by atoms with E-state index < -0.39 is 0 Å². The van der Waals surface area contributed by atoms with E-state index in [9.17, 15) is 0 Å². The molecular weight excluding hydrogens is 222 g/mol. The van der Waals surface area contributed by atoms with E-state index in [4.69, 9.17) is 4.74 Å². The normalized spacial score (nSPS) is 19.2. The molecule has 1 N–H and O–H groups in total. The van der Waals surface area contributed by atoms with Crippen LogP contribution in [0.1, 0.15) is 31.2 Å². The van der Waals surface area contributed by atoms with Crippen molar-refractivity contribution in [2.45, 2.75) is 38.6 Å². The number of benzene rings is 1. The smallest absolute Gasteiger partial charge is 0.122 e. The number of para-hydroxylation sites is 1. The molecular formula is C16H23NO. The maximum Gasteiger partial charge on any atom is 0.122 e. The van der Waals surface area contributed by atoms with Crippen LogP contribution in [0.15, 0.2) is 24.3 Å². The second-order valence-corrected chi connectivity index (χ2v) is 5.77. The van der Waals surface area contributed by atoms with Gasteiger partial charge in [-0.25, -0.2) is 0 Å². The zero-order valence-corrected chi connectivity index (χ0v) is 11.2. The Morgan fingerprint density at radius 1 is 1.17 bits per heavy atom. The molecule has 0 spiro atoms. The summed E-state index contributed by atoms with van der Waals surface area (Å²) in [5, 5.41) is 3.71. The van der Waals surface area contributed by atoms with Crippen LogP contribution in [-0.4, -0.2) is 19.2 Å². The molecule has 0 atom stereocenters.